The molecule has 2 atom stereocenters. The number of rotatable bonds is 7. The SMILES string of the molecule is CCNC(=NCC(O)c1ccc(Cl)cc1)NC(C)COC. The van der Waals surface area contributed by atoms with Crippen LogP contribution in [0.15, 0.2) is 29.3 Å². The lowest BCUT2D eigenvalue weighted by atomic mass is 10.1. The number of halogens is 1. The number of nitrogens with one attached hydrogen (secondary N) is 2. The van der Waals surface area contributed by atoms with Crippen molar-refractivity contribution in [1.82, 2.24) is 10.6 Å². The Labute approximate surface area is 131 Å². The van der Waals surface area contributed by atoms with Crippen molar-refractivity contribution in [3.63, 3.8) is 0 Å². The number of ether oxygens (including phenoxy) is 1. The number of hydrogen-bond acceptors (Lipinski definition) is 3. The van der Waals surface area contributed by atoms with Crippen molar-refractivity contribution in [2.24, 2.45) is 4.99 Å². The van der Waals surface area contributed by atoms with Crippen LogP contribution in [0, 0.1) is 0 Å². The largest absolute Gasteiger partial charge is 0.386 e. The van der Waals surface area contributed by atoms with Crippen molar-refractivity contribution >= 4 is 17.6 Å². The Balaban J connectivity index is 2.61. The third kappa shape index (κ3) is 6.80. The molecule has 5 nitrogen and oxygen atoms in total. The van der Waals surface area contributed by atoms with E-state index >= 15 is 0 Å². The summed E-state index contributed by atoms with van der Waals surface area (Å²) in [5.41, 5.74) is 0.795. The third-order valence-electron chi connectivity index (χ3n) is 2.82. The molecule has 0 fully saturated rings. The van der Waals surface area contributed by atoms with E-state index in [-0.39, 0.29) is 12.6 Å². The van der Waals surface area contributed by atoms with E-state index in [1.807, 2.05) is 13.8 Å². The molecular weight excluding hydrogens is 290 g/mol. The molecule has 0 heterocycles. The van der Waals surface area contributed by atoms with Gasteiger partial charge in [-0.05, 0) is 31.5 Å². The van der Waals surface area contributed by atoms with Crippen LogP contribution in [0.4, 0.5) is 0 Å². The van der Waals surface area contributed by atoms with Crippen molar-refractivity contribution in [2.75, 3.05) is 26.8 Å². The molecule has 118 valence electrons. The summed E-state index contributed by atoms with van der Waals surface area (Å²) in [5, 5.41) is 17.1. The van der Waals surface area contributed by atoms with Crippen molar-refractivity contribution in [3.05, 3.63) is 34.9 Å². The summed E-state index contributed by atoms with van der Waals surface area (Å²) in [5.74, 6) is 0.662. The Morgan fingerprint density at radius 2 is 2.05 bits per heavy atom. The monoisotopic (exact) mass is 313 g/mol. The third-order valence-corrected chi connectivity index (χ3v) is 3.07. The normalized spacial score (nSPS) is 14.6. The van der Waals surface area contributed by atoms with E-state index in [4.69, 9.17) is 16.3 Å². The Morgan fingerprint density at radius 1 is 1.38 bits per heavy atom. The quantitative estimate of drug-likeness (QED) is 0.532. The molecule has 0 aromatic heterocycles. The summed E-state index contributed by atoms with van der Waals surface area (Å²) in [7, 11) is 1.66. The van der Waals surface area contributed by atoms with Crippen LogP contribution in [0.3, 0.4) is 0 Å². The summed E-state index contributed by atoms with van der Waals surface area (Å²) in [4.78, 5) is 4.39. The van der Waals surface area contributed by atoms with E-state index in [9.17, 15) is 5.11 Å². The van der Waals surface area contributed by atoms with Gasteiger partial charge in [0.2, 0.25) is 0 Å². The molecule has 1 aromatic carbocycles. The fourth-order valence-electron chi connectivity index (χ4n) is 1.81. The van der Waals surface area contributed by atoms with Gasteiger partial charge in [-0.25, -0.2) is 0 Å². The zero-order valence-corrected chi connectivity index (χ0v) is 13.5. The summed E-state index contributed by atoms with van der Waals surface area (Å²) in [6.07, 6.45) is -0.657. The standard InChI is InChI=1S/C15H24ClN3O2/c1-4-17-15(19-11(2)10-21-3)18-9-14(20)12-5-7-13(16)8-6-12/h5-8,11,14,20H,4,9-10H2,1-3H3,(H2,17,18,19). The lowest BCUT2D eigenvalue weighted by molar-refractivity contribution is 0.178. The number of guanidine groups is 1. The Hall–Kier alpha value is -1.30. The highest BCUT2D eigenvalue weighted by Crippen LogP contribution is 2.16. The maximum absolute atomic E-state index is 10.1. The van der Waals surface area contributed by atoms with Crippen molar-refractivity contribution in [1.29, 1.82) is 0 Å². The van der Waals surface area contributed by atoms with Gasteiger partial charge in [0, 0.05) is 24.7 Å². The molecule has 0 aliphatic rings. The van der Waals surface area contributed by atoms with Crippen LogP contribution in [0.1, 0.15) is 25.5 Å². The van der Waals surface area contributed by atoms with Gasteiger partial charge in [0.05, 0.1) is 19.3 Å². The van der Waals surface area contributed by atoms with Gasteiger partial charge >= 0.3 is 0 Å². The van der Waals surface area contributed by atoms with Crippen LogP contribution >= 0.6 is 11.6 Å². The second-order valence-corrected chi connectivity index (χ2v) is 5.22. The average Bonchev–Trinajstić information content (AvgIpc) is 2.45. The molecule has 0 aliphatic carbocycles. The fourth-order valence-corrected chi connectivity index (χ4v) is 1.94. The summed E-state index contributed by atoms with van der Waals surface area (Å²) >= 11 is 5.83. The van der Waals surface area contributed by atoms with Gasteiger partial charge in [-0.2, -0.15) is 0 Å². The number of hydrogen-bond donors (Lipinski definition) is 3. The molecule has 2 unspecified atom stereocenters. The Bertz CT molecular complexity index is 437. The van der Waals surface area contributed by atoms with Gasteiger partial charge in [0.15, 0.2) is 5.96 Å². The van der Waals surface area contributed by atoms with Crippen molar-refractivity contribution in [2.45, 2.75) is 26.0 Å². The van der Waals surface area contributed by atoms with Gasteiger partial charge in [0.25, 0.3) is 0 Å². The number of benzene rings is 1. The second kappa shape index (κ2) is 9.60. The van der Waals surface area contributed by atoms with E-state index in [2.05, 4.69) is 15.6 Å². The molecule has 1 rings (SSSR count). The molecule has 0 radical (unpaired) electrons. The van der Waals surface area contributed by atoms with Crippen LogP contribution in [-0.4, -0.2) is 43.9 Å². The minimum absolute atomic E-state index is 0.139. The first-order valence-corrected chi connectivity index (χ1v) is 7.42. The number of aliphatic imine (C=N–C) groups is 1. The maximum atomic E-state index is 10.1. The number of aliphatic hydroxyl groups is 1. The number of methoxy groups -OCH3 is 1. The van der Waals surface area contributed by atoms with E-state index in [1.165, 1.54) is 0 Å². The van der Waals surface area contributed by atoms with Crippen LogP contribution in [-0.2, 0) is 4.74 Å². The topological polar surface area (TPSA) is 65.9 Å². The molecule has 0 saturated heterocycles. The zero-order valence-electron chi connectivity index (χ0n) is 12.8. The smallest absolute Gasteiger partial charge is 0.191 e. The van der Waals surface area contributed by atoms with E-state index in [1.54, 1.807) is 31.4 Å². The van der Waals surface area contributed by atoms with Gasteiger partial charge < -0.3 is 20.5 Å². The van der Waals surface area contributed by atoms with Crippen LogP contribution in [0.5, 0.6) is 0 Å². The first-order chi connectivity index (χ1) is 10.1. The van der Waals surface area contributed by atoms with Gasteiger partial charge in [-0.15, -0.1) is 0 Å². The predicted octanol–water partition coefficient (Wildman–Crippen LogP) is 1.96. The Kier molecular flexibility index (Phi) is 8.12. The maximum Gasteiger partial charge on any atom is 0.191 e. The van der Waals surface area contributed by atoms with Gasteiger partial charge in [0.1, 0.15) is 0 Å². The summed E-state index contributed by atoms with van der Waals surface area (Å²) < 4.78 is 5.08. The average molecular weight is 314 g/mol. The lowest BCUT2D eigenvalue weighted by Gasteiger charge is -2.17. The molecule has 0 spiro atoms. The summed E-state index contributed by atoms with van der Waals surface area (Å²) in [6.45, 7) is 5.61. The highest BCUT2D eigenvalue weighted by molar-refractivity contribution is 6.30. The van der Waals surface area contributed by atoms with Gasteiger partial charge in [-0.1, -0.05) is 23.7 Å². The zero-order chi connectivity index (χ0) is 15.7. The fraction of sp³-hybridized carbons (Fsp3) is 0.533. The molecule has 0 aliphatic heterocycles. The highest BCUT2D eigenvalue weighted by atomic mass is 35.5. The summed E-state index contributed by atoms with van der Waals surface area (Å²) in [6, 6.07) is 7.26. The van der Waals surface area contributed by atoms with Crippen molar-refractivity contribution in [3.8, 4) is 0 Å². The minimum Gasteiger partial charge on any atom is -0.386 e. The first kappa shape index (κ1) is 17.8. The second-order valence-electron chi connectivity index (χ2n) is 4.79. The van der Waals surface area contributed by atoms with Crippen molar-refractivity contribution < 1.29 is 9.84 Å². The molecular formula is C15H24ClN3O2. The Morgan fingerprint density at radius 3 is 2.62 bits per heavy atom. The minimum atomic E-state index is -0.657. The van der Waals surface area contributed by atoms with Crippen LogP contribution in [0.2, 0.25) is 5.02 Å². The molecule has 21 heavy (non-hydrogen) atoms. The molecule has 3 N–H and O–H groups in total. The molecule has 0 saturated carbocycles. The molecule has 0 amide bonds. The van der Waals surface area contributed by atoms with E-state index in [0.29, 0.717) is 17.6 Å². The number of aliphatic hydroxyl groups excluding tert-OH is 1. The molecule has 6 heteroatoms. The first-order valence-electron chi connectivity index (χ1n) is 7.04. The van der Waals surface area contributed by atoms with E-state index in [0.717, 1.165) is 12.1 Å². The number of nitrogens with zero attached hydrogens (tertiary/aromatic N) is 1. The lowest BCUT2D eigenvalue weighted by Crippen LogP contribution is -2.44. The van der Waals surface area contributed by atoms with Crippen LogP contribution < -0.4 is 10.6 Å². The molecule has 0 bridgehead atoms. The highest BCUT2D eigenvalue weighted by Gasteiger charge is 2.09. The van der Waals surface area contributed by atoms with Crippen LogP contribution in [0.25, 0.3) is 0 Å². The van der Waals surface area contributed by atoms with Gasteiger partial charge in [-0.3, -0.25) is 4.99 Å². The van der Waals surface area contributed by atoms with E-state index < -0.39 is 6.10 Å². The molecule has 1 aromatic rings. The predicted molar refractivity (Wildman–Crippen MR) is 86.9 cm³/mol.